The lowest BCUT2D eigenvalue weighted by Crippen LogP contribution is -2.72. The van der Waals surface area contributed by atoms with Gasteiger partial charge >= 0.3 is 5.97 Å². The van der Waals surface area contributed by atoms with Gasteiger partial charge in [0.1, 0.15) is 5.60 Å². The molecule has 3 N–H and O–H groups in total. The number of aliphatic hydroxyl groups excluding tert-OH is 1. The van der Waals surface area contributed by atoms with E-state index >= 15 is 0 Å². The van der Waals surface area contributed by atoms with E-state index in [1.807, 2.05) is 6.92 Å². The van der Waals surface area contributed by atoms with Crippen molar-refractivity contribution in [2.75, 3.05) is 19.8 Å². The van der Waals surface area contributed by atoms with Crippen molar-refractivity contribution in [3.63, 3.8) is 0 Å². The quantitative estimate of drug-likeness (QED) is 0.484. The number of rotatable bonds is 3. The van der Waals surface area contributed by atoms with Crippen LogP contribution in [0.25, 0.3) is 0 Å². The topological polar surface area (TPSA) is 123 Å². The molecule has 0 aromatic rings. The number of ketones is 1. The molecule has 8 heteroatoms. The molecule has 37 heavy (non-hydrogen) atoms. The number of carbonyl (C=O) groups is 2. The van der Waals surface area contributed by atoms with Gasteiger partial charge in [-0.2, -0.15) is 0 Å². The van der Waals surface area contributed by atoms with Crippen molar-refractivity contribution in [2.24, 2.45) is 39.9 Å². The monoisotopic (exact) mass is 522 g/mol. The van der Waals surface area contributed by atoms with Gasteiger partial charge in [-0.3, -0.25) is 9.59 Å². The Balaban J connectivity index is 1.44. The van der Waals surface area contributed by atoms with Gasteiger partial charge in [0.05, 0.1) is 24.9 Å². The Morgan fingerprint density at radius 3 is 2.27 bits per heavy atom. The highest BCUT2D eigenvalue weighted by Gasteiger charge is 2.73. The van der Waals surface area contributed by atoms with E-state index in [-0.39, 0.29) is 35.5 Å². The fourth-order valence-corrected chi connectivity index (χ4v) is 9.48. The van der Waals surface area contributed by atoms with Gasteiger partial charge in [-0.1, -0.05) is 34.6 Å². The average molecular weight is 523 g/mol. The third-order valence-electron chi connectivity index (χ3n) is 11.7. The van der Waals surface area contributed by atoms with Crippen LogP contribution in [0.1, 0.15) is 86.5 Å². The second-order valence-electron chi connectivity index (χ2n) is 14.4. The standard InChI is InChI=1S/C29H46O8/c1-17-11-19-20-7-8-28(33,22(32)13-35-18(2)30)26(20,6)12-21(31)23(19)25(5)9-10-27(14-29(17,25)34)36-15-24(3,4)16-37-27/h17,19-21,23,31,33-34H,7-16H2,1-6H3/t17-,19-,20-,21-,23+,25+,26-,28+,29-/m0/s1. The molecule has 1 spiro atoms. The van der Waals surface area contributed by atoms with E-state index in [2.05, 4.69) is 27.7 Å². The van der Waals surface area contributed by atoms with Crippen LogP contribution in [0.3, 0.4) is 0 Å². The SMILES string of the molecule is CC(=O)OCC(=O)[C@]1(O)CC[C@H]2[C@@H]3C[C@H](C)[C@@]4(O)CC5(CC[C@]4(C)[C@H]3[C@@H](O)C[C@@]21C)OCC(C)(C)CO5. The third-order valence-corrected chi connectivity index (χ3v) is 11.7. The average Bonchev–Trinajstić information content (AvgIpc) is 3.07. The van der Waals surface area contributed by atoms with Crippen LogP contribution < -0.4 is 0 Å². The Labute approximate surface area is 220 Å². The molecule has 4 saturated carbocycles. The van der Waals surface area contributed by atoms with Gasteiger partial charge in [0.25, 0.3) is 0 Å². The van der Waals surface area contributed by atoms with Crippen molar-refractivity contribution in [1.29, 1.82) is 0 Å². The first kappa shape index (κ1) is 27.5. The van der Waals surface area contributed by atoms with Crippen LogP contribution in [0.4, 0.5) is 0 Å². The molecule has 0 bridgehead atoms. The Morgan fingerprint density at radius 2 is 1.65 bits per heavy atom. The smallest absolute Gasteiger partial charge is 0.303 e. The van der Waals surface area contributed by atoms with Crippen molar-refractivity contribution in [3.8, 4) is 0 Å². The van der Waals surface area contributed by atoms with Gasteiger partial charge < -0.3 is 29.5 Å². The van der Waals surface area contributed by atoms with E-state index in [1.165, 1.54) is 6.92 Å². The van der Waals surface area contributed by atoms with Crippen LogP contribution >= 0.6 is 0 Å². The zero-order chi connectivity index (χ0) is 27.2. The molecule has 1 aliphatic heterocycles. The number of fused-ring (bicyclic) bond motifs is 5. The molecule has 5 rings (SSSR count). The molecular weight excluding hydrogens is 476 g/mol. The number of aliphatic hydroxyl groups is 3. The largest absolute Gasteiger partial charge is 0.458 e. The predicted octanol–water partition coefficient (Wildman–Crippen LogP) is 2.99. The molecule has 0 amide bonds. The number of esters is 1. The van der Waals surface area contributed by atoms with Gasteiger partial charge in [-0.25, -0.2) is 0 Å². The molecule has 0 radical (unpaired) electrons. The third kappa shape index (κ3) is 3.80. The Kier molecular flexibility index (Phi) is 6.30. The fourth-order valence-electron chi connectivity index (χ4n) is 9.48. The highest BCUT2D eigenvalue weighted by molar-refractivity contribution is 5.91. The van der Waals surface area contributed by atoms with E-state index in [9.17, 15) is 24.9 Å². The van der Waals surface area contributed by atoms with Gasteiger partial charge in [-0.15, -0.1) is 0 Å². The lowest BCUT2D eigenvalue weighted by atomic mass is 9.40. The van der Waals surface area contributed by atoms with E-state index < -0.39 is 52.3 Å². The summed E-state index contributed by atoms with van der Waals surface area (Å²) >= 11 is 0. The number of hydrogen-bond donors (Lipinski definition) is 3. The molecule has 1 heterocycles. The normalized spacial score (nSPS) is 50.0. The van der Waals surface area contributed by atoms with Crippen molar-refractivity contribution < 1.29 is 39.1 Å². The van der Waals surface area contributed by atoms with Crippen LogP contribution in [0.15, 0.2) is 0 Å². The minimum Gasteiger partial charge on any atom is -0.458 e. The summed E-state index contributed by atoms with van der Waals surface area (Å²) in [5, 5.41) is 35.9. The summed E-state index contributed by atoms with van der Waals surface area (Å²) in [6.45, 7) is 12.3. The fraction of sp³-hybridized carbons (Fsp3) is 0.931. The van der Waals surface area contributed by atoms with Crippen LogP contribution in [-0.4, -0.2) is 70.0 Å². The van der Waals surface area contributed by atoms with Crippen molar-refractivity contribution >= 4 is 11.8 Å². The van der Waals surface area contributed by atoms with Gasteiger partial charge in [-0.05, 0) is 55.8 Å². The molecule has 4 aliphatic carbocycles. The van der Waals surface area contributed by atoms with Crippen molar-refractivity contribution in [3.05, 3.63) is 0 Å². The zero-order valence-electron chi connectivity index (χ0n) is 23.3. The van der Waals surface area contributed by atoms with Crippen LogP contribution in [0.2, 0.25) is 0 Å². The summed E-state index contributed by atoms with van der Waals surface area (Å²) in [5.41, 5.74) is -4.15. The zero-order valence-corrected chi connectivity index (χ0v) is 23.3. The second-order valence-corrected chi connectivity index (χ2v) is 14.4. The summed E-state index contributed by atoms with van der Waals surface area (Å²) < 4.78 is 17.6. The van der Waals surface area contributed by atoms with Gasteiger partial charge in [0, 0.05) is 36.0 Å². The lowest BCUT2D eigenvalue weighted by Gasteiger charge is -2.68. The molecule has 1 saturated heterocycles. The van der Waals surface area contributed by atoms with Crippen LogP contribution in [0.5, 0.6) is 0 Å². The molecule has 210 valence electrons. The maximum absolute atomic E-state index is 13.1. The molecule has 9 atom stereocenters. The first-order chi connectivity index (χ1) is 17.0. The number of Topliss-reactive ketones (excluding diaryl/α,β-unsaturated/α-hetero) is 1. The number of carbonyl (C=O) groups excluding carboxylic acids is 2. The Morgan fingerprint density at radius 1 is 1.00 bits per heavy atom. The molecule has 0 aromatic carbocycles. The first-order valence-electron chi connectivity index (χ1n) is 14.1. The molecule has 0 unspecified atom stereocenters. The summed E-state index contributed by atoms with van der Waals surface area (Å²) in [5.74, 6) is -1.98. The van der Waals surface area contributed by atoms with Crippen molar-refractivity contribution in [2.45, 2.75) is 110 Å². The summed E-state index contributed by atoms with van der Waals surface area (Å²) in [4.78, 5) is 24.5. The summed E-state index contributed by atoms with van der Waals surface area (Å²) in [7, 11) is 0. The molecule has 5 fully saturated rings. The summed E-state index contributed by atoms with van der Waals surface area (Å²) in [6.07, 6.45) is 2.87. The Bertz CT molecular complexity index is 954. The van der Waals surface area contributed by atoms with Gasteiger partial charge in [0.2, 0.25) is 5.78 Å². The van der Waals surface area contributed by atoms with Crippen molar-refractivity contribution in [1.82, 2.24) is 0 Å². The maximum atomic E-state index is 13.1. The first-order valence-corrected chi connectivity index (χ1v) is 14.1. The minimum absolute atomic E-state index is 0.0230. The predicted molar refractivity (Wildman–Crippen MR) is 134 cm³/mol. The number of hydrogen-bond acceptors (Lipinski definition) is 8. The second kappa shape index (κ2) is 8.47. The number of ether oxygens (including phenoxy) is 3. The lowest BCUT2D eigenvalue weighted by molar-refractivity contribution is -0.365. The highest BCUT2D eigenvalue weighted by Crippen LogP contribution is 2.71. The van der Waals surface area contributed by atoms with Crippen LogP contribution in [0, 0.1) is 39.9 Å². The van der Waals surface area contributed by atoms with Crippen LogP contribution in [-0.2, 0) is 23.8 Å². The minimum atomic E-state index is -1.65. The molecular formula is C29H46O8. The molecule has 0 aromatic heterocycles. The molecule has 8 nitrogen and oxygen atoms in total. The Hall–Kier alpha value is -1.06. The maximum Gasteiger partial charge on any atom is 0.303 e. The van der Waals surface area contributed by atoms with E-state index in [4.69, 9.17) is 14.2 Å². The van der Waals surface area contributed by atoms with E-state index in [0.29, 0.717) is 51.7 Å². The summed E-state index contributed by atoms with van der Waals surface area (Å²) in [6, 6.07) is 0. The highest BCUT2D eigenvalue weighted by atomic mass is 16.7. The van der Waals surface area contributed by atoms with E-state index in [1.54, 1.807) is 0 Å². The van der Waals surface area contributed by atoms with Gasteiger partial charge in [0.15, 0.2) is 12.4 Å². The van der Waals surface area contributed by atoms with E-state index in [0.717, 1.165) is 0 Å². The molecule has 5 aliphatic rings.